The molecule has 1 fully saturated rings. The molecule has 1 saturated heterocycles. The fourth-order valence-electron chi connectivity index (χ4n) is 2.60. The van der Waals surface area contributed by atoms with Crippen LogP contribution in [0.5, 0.6) is 5.75 Å². The molecule has 116 valence electrons. The van der Waals surface area contributed by atoms with Crippen LogP contribution in [0.2, 0.25) is 0 Å². The van der Waals surface area contributed by atoms with E-state index in [1.807, 2.05) is 24.0 Å². The number of carbonyl (C=O) groups is 1. The number of amides is 1. The number of piperazine rings is 1. The van der Waals surface area contributed by atoms with E-state index in [0.717, 1.165) is 30.8 Å². The zero-order valence-corrected chi connectivity index (χ0v) is 13.1. The number of hydrogen-bond acceptors (Lipinski definition) is 4. The Kier molecular flexibility index (Phi) is 5.20. The van der Waals surface area contributed by atoms with Crippen molar-refractivity contribution in [3.05, 3.63) is 28.8 Å². The standard InChI is InChI=1S/C16H24N2O3/c1-12-8-14(15(19)9-13(12)2)10-17-4-6-18(7-5-17)16(20)11-21-3/h8-9,19H,4-7,10-11H2,1-3H3. The molecule has 2 rings (SSSR count). The summed E-state index contributed by atoms with van der Waals surface area (Å²) in [6.07, 6.45) is 0. The van der Waals surface area contributed by atoms with Crippen molar-refractivity contribution in [1.29, 1.82) is 0 Å². The van der Waals surface area contributed by atoms with E-state index < -0.39 is 0 Å². The van der Waals surface area contributed by atoms with E-state index in [2.05, 4.69) is 11.8 Å². The molecule has 21 heavy (non-hydrogen) atoms. The van der Waals surface area contributed by atoms with Gasteiger partial charge in [0, 0.05) is 45.4 Å². The van der Waals surface area contributed by atoms with Crippen LogP contribution in [0.4, 0.5) is 0 Å². The third kappa shape index (κ3) is 3.95. The number of hydrogen-bond donors (Lipinski definition) is 1. The predicted molar refractivity (Wildman–Crippen MR) is 81.3 cm³/mol. The van der Waals surface area contributed by atoms with Crippen LogP contribution >= 0.6 is 0 Å². The molecule has 0 aliphatic carbocycles. The largest absolute Gasteiger partial charge is 0.508 e. The fourth-order valence-corrected chi connectivity index (χ4v) is 2.60. The minimum atomic E-state index is 0.0474. The van der Waals surface area contributed by atoms with Gasteiger partial charge in [0.2, 0.25) is 5.91 Å². The second-order valence-corrected chi connectivity index (χ2v) is 5.66. The summed E-state index contributed by atoms with van der Waals surface area (Å²) in [7, 11) is 1.54. The Morgan fingerprint density at radius 3 is 2.43 bits per heavy atom. The quantitative estimate of drug-likeness (QED) is 0.909. The lowest BCUT2D eigenvalue weighted by atomic mass is 10.0. The number of aromatic hydroxyl groups is 1. The van der Waals surface area contributed by atoms with Crippen molar-refractivity contribution in [3.8, 4) is 5.75 Å². The van der Waals surface area contributed by atoms with Gasteiger partial charge in [0.25, 0.3) is 0 Å². The first kappa shape index (κ1) is 15.8. The maximum absolute atomic E-state index is 11.7. The van der Waals surface area contributed by atoms with E-state index in [1.54, 1.807) is 0 Å². The molecule has 0 bridgehead atoms. The molecule has 1 heterocycles. The lowest BCUT2D eigenvalue weighted by molar-refractivity contribution is -0.136. The molecule has 0 atom stereocenters. The number of rotatable bonds is 4. The predicted octanol–water partition coefficient (Wildman–Crippen LogP) is 1.30. The van der Waals surface area contributed by atoms with Crippen LogP contribution in [-0.2, 0) is 16.1 Å². The average Bonchev–Trinajstić information content (AvgIpc) is 2.46. The zero-order valence-electron chi connectivity index (χ0n) is 13.1. The van der Waals surface area contributed by atoms with Gasteiger partial charge in [0.1, 0.15) is 12.4 Å². The number of carbonyl (C=O) groups excluding carboxylic acids is 1. The van der Waals surface area contributed by atoms with Crippen LogP contribution in [0, 0.1) is 13.8 Å². The van der Waals surface area contributed by atoms with Crippen LogP contribution in [0.1, 0.15) is 16.7 Å². The van der Waals surface area contributed by atoms with Gasteiger partial charge in [-0.1, -0.05) is 6.07 Å². The number of benzene rings is 1. The molecule has 5 heteroatoms. The van der Waals surface area contributed by atoms with Crippen molar-refractivity contribution in [2.45, 2.75) is 20.4 Å². The number of phenols is 1. The second kappa shape index (κ2) is 6.91. The van der Waals surface area contributed by atoms with Crippen molar-refractivity contribution >= 4 is 5.91 Å². The topological polar surface area (TPSA) is 53.0 Å². The third-order valence-corrected chi connectivity index (χ3v) is 4.08. The molecule has 0 aromatic heterocycles. The molecule has 0 spiro atoms. The molecule has 1 aliphatic heterocycles. The molecule has 1 N–H and O–H groups in total. The highest BCUT2D eigenvalue weighted by Gasteiger charge is 2.21. The minimum Gasteiger partial charge on any atom is -0.508 e. The van der Waals surface area contributed by atoms with Crippen molar-refractivity contribution in [2.24, 2.45) is 0 Å². The van der Waals surface area contributed by atoms with Crippen molar-refractivity contribution in [2.75, 3.05) is 39.9 Å². The number of nitrogens with zero attached hydrogens (tertiary/aromatic N) is 2. The molecular formula is C16H24N2O3. The summed E-state index contributed by atoms with van der Waals surface area (Å²) in [5.74, 6) is 0.405. The van der Waals surface area contributed by atoms with E-state index in [9.17, 15) is 9.90 Å². The van der Waals surface area contributed by atoms with Crippen LogP contribution in [0.25, 0.3) is 0 Å². The van der Waals surface area contributed by atoms with E-state index in [4.69, 9.17) is 4.74 Å². The lowest BCUT2D eigenvalue weighted by Crippen LogP contribution is -2.49. The van der Waals surface area contributed by atoms with Crippen molar-refractivity contribution in [3.63, 3.8) is 0 Å². The Labute approximate surface area is 126 Å². The maximum Gasteiger partial charge on any atom is 0.248 e. The number of aryl methyl sites for hydroxylation is 2. The first-order valence-electron chi connectivity index (χ1n) is 7.29. The smallest absolute Gasteiger partial charge is 0.248 e. The first-order chi connectivity index (χ1) is 10.0. The van der Waals surface area contributed by atoms with Gasteiger partial charge in [-0.05, 0) is 31.0 Å². The molecular weight excluding hydrogens is 268 g/mol. The van der Waals surface area contributed by atoms with E-state index in [-0.39, 0.29) is 12.5 Å². The fraction of sp³-hybridized carbons (Fsp3) is 0.562. The SMILES string of the molecule is COCC(=O)N1CCN(Cc2cc(C)c(C)cc2O)CC1. The molecule has 0 saturated carbocycles. The average molecular weight is 292 g/mol. The van der Waals surface area contributed by atoms with Crippen LogP contribution < -0.4 is 0 Å². The van der Waals surface area contributed by atoms with Gasteiger partial charge in [-0.15, -0.1) is 0 Å². The molecule has 1 aromatic rings. The Hall–Kier alpha value is -1.59. The van der Waals surface area contributed by atoms with Crippen LogP contribution in [0.15, 0.2) is 12.1 Å². The molecule has 5 nitrogen and oxygen atoms in total. The van der Waals surface area contributed by atoms with Crippen LogP contribution in [0.3, 0.4) is 0 Å². The minimum absolute atomic E-state index is 0.0474. The molecule has 1 aromatic carbocycles. The summed E-state index contributed by atoms with van der Waals surface area (Å²) in [5, 5.41) is 10.0. The highest BCUT2D eigenvalue weighted by atomic mass is 16.5. The second-order valence-electron chi connectivity index (χ2n) is 5.66. The number of ether oxygens (including phenoxy) is 1. The molecule has 1 amide bonds. The normalized spacial score (nSPS) is 16.2. The van der Waals surface area contributed by atoms with E-state index >= 15 is 0 Å². The number of methoxy groups -OCH3 is 1. The third-order valence-electron chi connectivity index (χ3n) is 4.08. The van der Waals surface area contributed by atoms with Gasteiger partial charge >= 0.3 is 0 Å². The van der Waals surface area contributed by atoms with Gasteiger partial charge in [-0.25, -0.2) is 0 Å². The van der Waals surface area contributed by atoms with Crippen molar-refractivity contribution in [1.82, 2.24) is 9.80 Å². The zero-order chi connectivity index (χ0) is 15.4. The molecule has 1 aliphatic rings. The number of phenolic OH excluding ortho intramolecular Hbond substituents is 1. The highest BCUT2D eigenvalue weighted by Crippen LogP contribution is 2.23. The Bertz CT molecular complexity index is 508. The van der Waals surface area contributed by atoms with E-state index in [1.165, 1.54) is 12.7 Å². The Balaban J connectivity index is 1.92. The summed E-state index contributed by atoms with van der Waals surface area (Å²) in [4.78, 5) is 15.8. The van der Waals surface area contributed by atoms with Crippen LogP contribution in [-0.4, -0.2) is 60.7 Å². The molecule has 0 unspecified atom stereocenters. The first-order valence-corrected chi connectivity index (χ1v) is 7.29. The van der Waals surface area contributed by atoms with E-state index in [0.29, 0.717) is 18.8 Å². The van der Waals surface area contributed by atoms with Gasteiger partial charge in [-0.2, -0.15) is 0 Å². The summed E-state index contributed by atoms with van der Waals surface area (Å²) in [6.45, 7) is 8.00. The molecule has 0 radical (unpaired) electrons. The highest BCUT2D eigenvalue weighted by molar-refractivity contribution is 5.77. The van der Waals surface area contributed by atoms with Gasteiger partial charge < -0.3 is 14.7 Å². The Morgan fingerprint density at radius 1 is 1.19 bits per heavy atom. The van der Waals surface area contributed by atoms with Crippen molar-refractivity contribution < 1.29 is 14.6 Å². The van der Waals surface area contributed by atoms with Gasteiger partial charge in [0.15, 0.2) is 0 Å². The monoisotopic (exact) mass is 292 g/mol. The lowest BCUT2D eigenvalue weighted by Gasteiger charge is -2.34. The van der Waals surface area contributed by atoms with Gasteiger partial charge in [0.05, 0.1) is 0 Å². The summed E-state index contributed by atoms with van der Waals surface area (Å²) in [6, 6.07) is 3.87. The maximum atomic E-state index is 11.7. The summed E-state index contributed by atoms with van der Waals surface area (Å²) >= 11 is 0. The summed E-state index contributed by atoms with van der Waals surface area (Å²) in [5.41, 5.74) is 3.25. The van der Waals surface area contributed by atoms with Gasteiger partial charge in [-0.3, -0.25) is 9.69 Å². The Morgan fingerprint density at radius 2 is 1.81 bits per heavy atom. The summed E-state index contributed by atoms with van der Waals surface area (Å²) < 4.78 is 4.88.